The average molecular weight is 241 g/mol. The predicted molar refractivity (Wildman–Crippen MR) is 65.5 cm³/mol. The second-order valence-corrected chi connectivity index (χ2v) is 4.98. The van der Waals surface area contributed by atoms with Crippen LogP contribution in [0.15, 0.2) is 0 Å². The molecule has 5 nitrogen and oxygen atoms in total. The summed E-state index contributed by atoms with van der Waals surface area (Å²) in [6, 6.07) is 0.149. The first-order chi connectivity index (χ1) is 8.34. The topological polar surface area (TPSA) is 62.4 Å². The van der Waals surface area contributed by atoms with Gasteiger partial charge < -0.3 is 10.6 Å². The molecule has 2 aliphatic rings. The van der Waals surface area contributed by atoms with Gasteiger partial charge in [-0.05, 0) is 38.8 Å². The lowest BCUT2D eigenvalue weighted by Gasteiger charge is -2.25. The SMILES string of the molecule is O=C(NOC1CCNCC1)NC1CCCCC1. The van der Waals surface area contributed by atoms with Crippen molar-refractivity contribution in [3.05, 3.63) is 0 Å². The molecule has 1 aliphatic heterocycles. The second-order valence-electron chi connectivity index (χ2n) is 4.98. The van der Waals surface area contributed by atoms with Crippen LogP contribution in [0.3, 0.4) is 0 Å². The molecule has 98 valence electrons. The van der Waals surface area contributed by atoms with Crippen LogP contribution in [0.4, 0.5) is 4.79 Å². The molecule has 1 aliphatic carbocycles. The quantitative estimate of drug-likeness (QED) is 0.653. The van der Waals surface area contributed by atoms with Crippen molar-refractivity contribution in [2.45, 2.75) is 57.1 Å². The number of amides is 2. The van der Waals surface area contributed by atoms with Crippen LogP contribution in [0.5, 0.6) is 0 Å². The maximum atomic E-state index is 11.6. The molecule has 1 saturated heterocycles. The van der Waals surface area contributed by atoms with Crippen molar-refractivity contribution in [2.75, 3.05) is 13.1 Å². The van der Waals surface area contributed by atoms with Gasteiger partial charge in [0.05, 0.1) is 6.10 Å². The number of hydrogen-bond acceptors (Lipinski definition) is 3. The minimum absolute atomic E-state index is 0.161. The van der Waals surface area contributed by atoms with Gasteiger partial charge in [0.25, 0.3) is 0 Å². The van der Waals surface area contributed by atoms with E-state index in [1.807, 2.05) is 0 Å². The highest BCUT2D eigenvalue weighted by Gasteiger charge is 2.18. The molecular weight excluding hydrogens is 218 g/mol. The van der Waals surface area contributed by atoms with Gasteiger partial charge in [-0.1, -0.05) is 19.3 Å². The van der Waals surface area contributed by atoms with Crippen molar-refractivity contribution in [2.24, 2.45) is 0 Å². The van der Waals surface area contributed by atoms with Crippen LogP contribution >= 0.6 is 0 Å². The molecule has 3 N–H and O–H groups in total. The van der Waals surface area contributed by atoms with Crippen molar-refractivity contribution in [3.8, 4) is 0 Å². The van der Waals surface area contributed by atoms with E-state index in [9.17, 15) is 4.79 Å². The van der Waals surface area contributed by atoms with E-state index >= 15 is 0 Å². The summed E-state index contributed by atoms with van der Waals surface area (Å²) >= 11 is 0. The zero-order chi connectivity index (χ0) is 11.9. The van der Waals surface area contributed by atoms with E-state index in [2.05, 4.69) is 16.1 Å². The predicted octanol–water partition coefficient (Wildman–Crippen LogP) is 1.30. The standard InChI is InChI=1S/C12H23N3O2/c16-12(14-10-4-2-1-3-5-10)15-17-11-6-8-13-9-7-11/h10-11,13H,1-9H2,(H2,14,15,16). The van der Waals surface area contributed by atoms with Gasteiger partial charge >= 0.3 is 6.03 Å². The molecule has 0 radical (unpaired) electrons. The molecule has 0 bridgehead atoms. The van der Waals surface area contributed by atoms with Crippen molar-refractivity contribution in [1.29, 1.82) is 0 Å². The monoisotopic (exact) mass is 241 g/mol. The average Bonchev–Trinajstić information content (AvgIpc) is 2.39. The zero-order valence-corrected chi connectivity index (χ0v) is 10.3. The second kappa shape index (κ2) is 6.81. The highest BCUT2D eigenvalue weighted by Crippen LogP contribution is 2.17. The Labute approximate surface area is 103 Å². The van der Waals surface area contributed by atoms with Crippen LogP contribution in [0.1, 0.15) is 44.9 Å². The van der Waals surface area contributed by atoms with E-state index in [1.165, 1.54) is 19.3 Å². The van der Waals surface area contributed by atoms with E-state index in [4.69, 9.17) is 4.84 Å². The number of carbonyl (C=O) groups is 1. The summed E-state index contributed by atoms with van der Waals surface area (Å²) in [6.07, 6.45) is 8.02. The van der Waals surface area contributed by atoms with Crippen LogP contribution in [-0.4, -0.2) is 31.3 Å². The minimum atomic E-state index is -0.185. The molecule has 0 spiro atoms. The molecule has 0 aromatic carbocycles. The first-order valence-corrected chi connectivity index (χ1v) is 6.77. The highest BCUT2D eigenvalue weighted by molar-refractivity contribution is 5.73. The Morgan fingerprint density at radius 2 is 1.76 bits per heavy atom. The van der Waals surface area contributed by atoms with E-state index in [0.29, 0.717) is 6.04 Å². The molecule has 0 aromatic heterocycles. The summed E-state index contributed by atoms with van der Waals surface area (Å²) in [7, 11) is 0. The molecule has 0 aromatic rings. The van der Waals surface area contributed by atoms with Crippen molar-refractivity contribution < 1.29 is 9.63 Å². The van der Waals surface area contributed by atoms with Gasteiger partial charge in [-0.25, -0.2) is 10.3 Å². The lowest BCUT2D eigenvalue weighted by Crippen LogP contribution is -2.45. The maximum Gasteiger partial charge on any atom is 0.338 e. The van der Waals surface area contributed by atoms with Crippen molar-refractivity contribution in [3.63, 3.8) is 0 Å². The Hall–Kier alpha value is -0.810. The Balaban J connectivity index is 1.59. The van der Waals surface area contributed by atoms with Crippen LogP contribution in [0.25, 0.3) is 0 Å². The number of hydroxylamine groups is 1. The summed E-state index contributed by atoms with van der Waals surface area (Å²) < 4.78 is 0. The Kier molecular flexibility index (Phi) is 5.07. The molecule has 1 heterocycles. The number of rotatable bonds is 3. The van der Waals surface area contributed by atoms with Crippen LogP contribution in [0, 0.1) is 0 Å². The summed E-state index contributed by atoms with van der Waals surface area (Å²) in [6.45, 7) is 1.94. The van der Waals surface area contributed by atoms with E-state index < -0.39 is 0 Å². The van der Waals surface area contributed by atoms with Crippen LogP contribution in [0.2, 0.25) is 0 Å². The van der Waals surface area contributed by atoms with Gasteiger partial charge in [0.1, 0.15) is 0 Å². The minimum Gasteiger partial charge on any atom is -0.334 e. The fourth-order valence-corrected chi connectivity index (χ4v) is 2.51. The van der Waals surface area contributed by atoms with Gasteiger partial charge in [0.2, 0.25) is 0 Å². The van der Waals surface area contributed by atoms with Crippen LogP contribution < -0.4 is 16.1 Å². The van der Waals surface area contributed by atoms with E-state index in [0.717, 1.165) is 38.8 Å². The fourth-order valence-electron chi connectivity index (χ4n) is 2.51. The zero-order valence-electron chi connectivity index (χ0n) is 10.3. The molecule has 5 heteroatoms. The molecule has 2 rings (SSSR count). The van der Waals surface area contributed by atoms with Gasteiger partial charge in [-0.2, -0.15) is 0 Å². The third-order valence-corrected chi connectivity index (χ3v) is 3.54. The Morgan fingerprint density at radius 1 is 1.06 bits per heavy atom. The summed E-state index contributed by atoms with van der Waals surface area (Å²) in [5, 5.41) is 6.23. The Bertz CT molecular complexity index is 236. The molecule has 0 atom stereocenters. The molecule has 2 amide bonds. The van der Waals surface area contributed by atoms with Gasteiger partial charge in [0, 0.05) is 6.04 Å². The fraction of sp³-hybridized carbons (Fsp3) is 0.917. The molecule has 0 unspecified atom stereocenters. The molecule has 2 fully saturated rings. The summed E-state index contributed by atoms with van der Waals surface area (Å²) in [5.74, 6) is 0. The summed E-state index contributed by atoms with van der Waals surface area (Å²) in [5.41, 5.74) is 2.52. The highest BCUT2D eigenvalue weighted by atomic mass is 16.7. The van der Waals surface area contributed by atoms with Gasteiger partial charge in [-0.3, -0.25) is 4.84 Å². The van der Waals surface area contributed by atoms with E-state index in [-0.39, 0.29) is 12.1 Å². The van der Waals surface area contributed by atoms with Crippen LogP contribution in [-0.2, 0) is 4.84 Å². The van der Waals surface area contributed by atoms with Gasteiger partial charge in [-0.15, -0.1) is 0 Å². The number of nitrogens with one attached hydrogen (secondary N) is 3. The van der Waals surface area contributed by atoms with E-state index in [1.54, 1.807) is 0 Å². The smallest absolute Gasteiger partial charge is 0.334 e. The van der Waals surface area contributed by atoms with Gasteiger partial charge in [0.15, 0.2) is 0 Å². The first kappa shape index (κ1) is 12.6. The number of urea groups is 1. The summed E-state index contributed by atoms with van der Waals surface area (Å²) in [4.78, 5) is 17.0. The largest absolute Gasteiger partial charge is 0.338 e. The third-order valence-electron chi connectivity index (χ3n) is 3.54. The molecule has 1 saturated carbocycles. The first-order valence-electron chi connectivity index (χ1n) is 6.77. The number of carbonyl (C=O) groups excluding carboxylic acids is 1. The van der Waals surface area contributed by atoms with Crippen molar-refractivity contribution >= 4 is 6.03 Å². The lowest BCUT2D eigenvalue weighted by molar-refractivity contribution is -0.0196. The lowest BCUT2D eigenvalue weighted by atomic mass is 9.96. The van der Waals surface area contributed by atoms with Crippen molar-refractivity contribution in [1.82, 2.24) is 16.1 Å². The maximum absolute atomic E-state index is 11.6. The number of piperidine rings is 1. The number of hydrogen-bond donors (Lipinski definition) is 3. The molecular formula is C12H23N3O2. The third kappa shape index (κ3) is 4.52. The normalized spacial score (nSPS) is 23.3. The molecule has 17 heavy (non-hydrogen) atoms. The Morgan fingerprint density at radius 3 is 2.47 bits per heavy atom.